The second-order valence-corrected chi connectivity index (χ2v) is 6.08. The summed E-state index contributed by atoms with van der Waals surface area (Å²) in [6, 6.07) is 3.89. The molecule has 0 atom stereocenters. The van der Waals surface area contributed by atoms with E-state index in [0.717, 1.165) is 31.1 Å². The summed E-state index contributed by atoms with van der Waals surface area (Å²) < 4.78 is 10.4. The van der Waals surface area contributed by atoms with Crippen LogP contribution in [-0.4, -0.2) is 45.4 Å². The van der Waals surface area contributed by atoms with E-state index in [4.69, 9.17) is 9.47 Å². The van der Waals surface area contributed by atoms with Gasteiger partial charge in [-0.1, -0.05) is 6.42 Å². The van der Waals surface area contributed by atoms with E-state index >= 15 is 0 Å². The number of hydrogen-bond donors (Lipinski definition) is 2. The second-order valence-electron chi connectivity index (χ2n) is 6.08. The molecule has 0 saturated heterocycles. The van der Waals surface area contributed by atoms with Gasteiger partial charge in [0.25, 0.3) is 0 Å². The first-order valence-electron chi connectivity index (χ1n) is 8.14. The molecule has 24 heavy (non-hydrogen) atoms. The van der Waals surface area contributed by atoms with Gasteiger partial charge in [-0.15, -0.1) is 24.0 Å². The van der Waals surface area contributed by atoms with Crippen LogP contribution < -0.4 is 15.4 Å². The van der Waals surface area contributed by atoms with E-state index in [1.54, 1.807) is 27.5 Å². The first-order valence-corrected chi connectivity index (χ1v) is 8.14. The summed E-state index contributed by atoms with van der Waals surface area (Å²) in [7, 11) is 5.19. The molecule has 136 valence electrons. The zero-order valence-electron chi connectivity index (χ0n) is 14.8. The molecule has 1 heterocycles. The predicted octanol–water partition coefficient (Wildman–Crippen LogP) is 2.58. The van der Waals surface area contributed by atoms with Gasteiger partial charge in [-0.3, -0.25) is 4.99 Å². The van der Waals surface area contributed by atoms with Crippen molar-refractivity contribution in [1.29, 1.82) is 0 Å². The molecule has 0 unspecified atom stereocenters. The minimum atomic E-state index is 0. The van der Waals surface area contributed by atoms with E-state index in [9.17, 15) is 0 Å². The number of nitrogens with zero attached hydrogens (tertiary/aromatic N) is 2. The van der Waals surface area contributed by atoms with Crippen molar-refractivity contribution in [3.05, 3.63) is 23.9 Å². The van der Waals surface area contributed by atoms with Crippen LogP contribution in [0.25, 0.3) is 0 Å². The number of halogens is 1. The number of methoxy groups -OCH3 is 2. The zero-order valence-corrected chi connectivity index (χ0v) is 17.1. The van der Waals surface area contributed by atoms with Crippen LogP contribution in [0.1, 0.15) is 31.2 Å². The molecule has 0 spiro atoms. The minimum absolute atomic E-state index is 0. The molecular formula is C17H29IN4O2. The molecule has 0 aliphatic heterocycles. The van der Waals surface area contributed by atoms with Gasteiger partial charge in [0.15, 0.2) is 5.96 Å². The van der Waals surface area contributed by atoms with E-state index in [2.05, 4.69) is 20.6 Å². The molecular weight excluding hydrogens is 419 g/mol. The van der Waals surface area contributed by atoms with E-state index in [1.807, 2.05) is 12.1 Å². The van der Waals surface area contributed by atoms with Crippen molar-refractivity contribution in [1.82, 2.24) is 15.6 Å². The quantitative estimate of drug-likeness (QED) is 0.364. The van der Waals surface area contributed by atoms with Crippen LogP contribution >= 0.6 is 24.0 Å². The average molecular weight is 448 g/mol. The van der Waals surface area contributed by atoms with Crippen LogP contribution in [-0.2, 0) is 11.3 Å². The molecule has 1 fully saturated rings. The summed E-state index contributed by atoms with van der Waals surface area (Å²) in [4.78, 5) is 8.42. The fraction of sp³-hybridized carbons (Fsp3) is 0.647. The molecule has 1 saturated carbocycles. The van der Waals surface area contributed by atoms with Gasteiger partial charge >= 0.3 is 0 Å². The van der Waals surface area contributed by atoms with Gasteiger partial charge in [0.2, 0.25) is 5.88 Å². The third kappa shape index (κ3) is 6.08. The van der Waals surface area contributed by atoms with Crippen molar-refractivity contribution in [2.45, 2.75) is 32.2 Å². The zero-order chi connectivity index (χ0) is 16.5. The first-order chi connectivity index (χ1) is 11.2. The maximum Gasteiger partial charge on any atom is 0.213 e. The Labute approximate surface area is 161 Å². The Morgan fingerprint density at radius 3 is 2.71 bits per heavy atom. The summed E-state index contributed by atoms with van der Waals surface area (Å²) in [6.07, 6.45) is 6.70. The SMILES string of the molecule is CN=C(NCc1ccnc(OC)c1)NCC1(CCOC)CCC1.I. The van der Waals surface area contributed by atoms with Crippen LogP contribution in [0.5, 0.6) is 5.88 Å². The predicted molar refractivity (Wildman–Crippen MR) is 107 cm³/mol. The van der Waals surface area contributed by atoms with Crippen molar-refractivity contribution in [3.8, 4) is 5.88 Å². The summed E-state index contributed by atoms with van der Waals surface area (Å²) in [5.41, 5.74) is 1.48. The molecule has 1 aromatic rings. The van der Waals surface area contributed by atoms with Crippen LogP contribution in [0, 0.1) is 5.41 Å². The molecule has 1 aromatic heterocycles. The Kier molecular flexibility index (Phi) is 9.35. The van der Waals surface area contributed by atoms with E-state index in [-0.39, 0.29) is 24.0 Å². The molecule has 2 N–H and O–H groups in total. The highest BCUT2D eigenvalue weighted by Crippen LogP contribution is 2.43. The Morgan fingerprint density at radius 1 is 1.33 bits per heavy atom. The number of guanidine groups is 1. The average Bonchev–Trinajstić information content (AvgIpc) is 2.56. The van der Waals surface area contributed by atoms with Gasteiger partial charge < -0.3 is 20.1 Å². The Bertz CT molecular complexity index is 521. The van der Waals surface area contributed by atoms with Gasteiger partial charge in [-0.2, -0.15) is 0 Å². The van der Waals surface area contributed by atoms with Crippen LogP contribution in [0.15, 0.2) is 23.3 Å². The van der Waals surface area contributed by atoms with Crippen molar-refractivity contribution in [2.75, 3.05) is 34.4 Å². The lowest BCUT2D eigenvalue weighted by atomic mass is 9.67. The van der Waals surface area contributed by atoms with Gasteiger partial charge in [-0.25, -0.2) is 4.98 Å². The smallest absolute Gasteiger partial charge is 0.213 e. The highest BCUT2D eigenvalue weighted by Gasteiger charge is 2.36. The molecule has 0 aromatic carbocycles. The highest BCUT2D eigenvalue weighted by atomic mass is 127. The van der Waals surface area contributed by atoms with Crippen LogP contribution in [0.3, 0.4) is 0 Å². The highest BCUT2D eigenvalue weighted by molar-refractivity contribution is 14.0. The Balaban J connectivity index is 0.00000288. The summed E-state index contributed by atoms with van der Waals surface area (Å²) in [5, 5.41) is 6.79. The van der Waals surface area contributed by atoms with E-state index in [1.165, 1.54) is 19.3 Å². The molecule has 0 radical (unpaired) electrons. The normalized spacial score (nSPS) is 15.9. The monoisotopic (exact) mass is 448 g/mol. The topological polar surface area (TPSA) is 67.8 Å². The van der Waals surface area contributed by atoms with Crippen molar-refractivity contribution in [3.63, 3.8) is 0 Å². The maximum absolute atomic E-state index is 5.24. The molecule has 0 amide bonds. The number of rotatable bonds is 8. The third-order valence-corrected chi connectivity index (χ3v) is 4.57. The van der Waals surface area contributed by atoms with E-state index < -0.39 is 0 Å². The van der Waals surface area contributed by atoms with Crippen LogP contribution in [0.4, 0.5) is 0 Å². The van der Waals surface area contributed by atoms with Crippen molar-refractivity contribution >= 4 is 29.9 Å². The van der Waals surface area contributed by atoms with Crippen LogP contribution in [0.2, 0.25) is 0 Å². The Hall–Kier alpha value is -1.09. The number of aromatic nitrogens is 1. The molecule has 6 nitrogen and oxygen atoms in total. The number of aliphatic imine (C=N–C) groups is 1. The van der Waals surface area contributed by atoms with E-state index in [0.29, 0.717) is 17.8 Å². The number of ether oxygens (including phenoxy) is 2. The minimum Gasteiger partial charge on any atom is -0.481 e. The molecule has 0 bridgehead atoms. The van der Waals surface area contributed by atoms with Gasteiger partial charge in [-0.05, 0) is 36.3 Å². The fourth-order valence-corrected chi connectivity index (χ4v) is 2.86. The molecule has 1 aliphatic rings. The molecule has 1 aliphatic carbocycles. The lowest BCUT2D eigenvalue weighted by molar-refractivity contribution is 0.0732. The number of hydrogen-bond acceptors (Lipinski definition) is 4. The lowest BCUT2D eigenvalue weighted by Crippen LogP contribution is -2.46. The number of pyridine rings is 1. The summed E-state index contributed by atoms with van der Waals surface area (Å²) >= 11 is 0. The number of nitrogens with one attached hydrogen (secondary N) is 2. The summed E-state index contributed by atoms with van der Waals surface area (Å²) in [6.45, 7) is 2.45. The van der Waals surface area contributed by atoms with Crippen molar-refractivity contribution < 1.29 is 9.47 Å². The van der Waals surface area contributed by atoms with Gasteiger partial charge in [0, 0.05) is 46.1 Å². The second kappa shape index (κ2) is 10.7. The largest absolute Gasteiger partial charge is 0.481 e. The first kappa shape index (κ1) is 21.0. The lowest BCUT2D eigenvalue weighted by Gasteiger charge is -2.42. The van der Waals surface area contributed by atoms with Crippen molar-refractivity contribution in [2.24, 2.45) is 10.4 Å². The summed E-state index contributed by atoms with van der Waals surface area (Å²) in [5.74, 6) is 1.45. The standard InChI is InChI=1S/C17H28N4O2.HI/c1-18-16(20-12-14-5-9-19-15(11-14)23-3)21-13-17(6-4-7-17)8-10-22-2;/h5,9,11H,4,6-8,10,12-13H2,1-3H3,(H2,18,20,21);1H. The Morgan fingerprint density at radius 2 is 2.12 bits per heavy atom. The fourth-order valence-electron chi connectivity index (χ4n) is 2.86. The van der Waals surface area contributed by atoms with Gasteiger partial charge in [0.1, 0.15) is 0 Å². The third-order valence-electron chi connectivity index (χ3n) is 4.57. The maximum atomic E-state index is 5.24. The van der Waals surface area contributed by atoms with Gasteiger partial charge in [0.05, 0.1) is 7.11 Å². The molecule has 2 rings (SSSR count). The molecule has 7 heteroatoms.